The van der Waals surface area contributed by atoms with Gasteiger partial charge < -0.3 is 8.98 Å². The highest BCUT2D eigenvalue weighted by Gasteiger charge is 2.20. The third kappa shape index (κ3) is 5.05. The van der Waals surface area contributed by atoms with E-state index in [-0.39, 0.29) is 0 Å². The van der Waals surface area contributed by atoms with Crippen LogP contribution in [0.15, 0.2) is 192 Å². The Morgan fingerprint density at radius 2 is 0.931 bits per heavy atom. The number of hydrogen-bond acceptors (Lipinski definition) is 5. The smallest absolute Gasteiger partial charge is 0.164 e. The van der Waals surface area contributed by atoms with Crippen molar-refractivity contribution in [2.45, 2.75) is 0 Å². The molecule has 0 N–H and O–H groups in total. The molecule has 12 aromatic rings. The lowest BCUT2D eigenvalue weighted by atomic mass is 9.95. The Hall–Kier alpha value is -7.96. The average Bonchev–Trinajstić information content (AvgIpc) is 3.85. The van der Waals surface area contributed by atoms with Crippen LogP contribution in [0.2, 0.25) is 0 Å². The van der Waals surface area contributed by atoms with Gasteiger partial charge in [-0.25, -0.2) is 19.9 Å². The molecule has 4 aromatic heterocycles. The van der Waals surface area contributed by atoms with Crippen LogP contribution in [0.5, 0.6) is 0 Å². The Bertz CT molecular complexity index is 3560. The predicted octanol–water partition coefficient (Wildman–Crippen LogP) is 13.2. The van der Waals surface area contributed by atoms with Gasteiger partial charge in [0.05, 0.1) is 22.2 Å². The van der Waals surface area contributed by atoms with Gasteiger partial charge in [0.1, 0.15) is 11.2 Å². The van der Waals surface area contributed by atoms with E-state index in [9.17, 15) is 0 Å². The SMILES string of the molecule is c1ccc(-c2nc(-c3ccc4nc(-c5ccccc5)c5ccc6oc7ccccc7c6c5c4c3)nc(-c3ccc4c(c3)c3ccccc3n4-c3ccccc3)n2)cc1. The molecule has 58 heavy (non-hydrogen) atoms. The Labute approximate surface area is 332 Å². The summed E-state index contributed by atoms with van der Waals surface area (Å²) in [5.74, 6) is 1.80. The average molecular weight is 742 g/mol. The van der Waals surface area contributed by atoms with Crippen LogP contribution in [0.3, 0.4) is 0 Å². The van der Waals surface area contributed by atoms with E-state index in [1.54, 1.807) is 0 Å². The number of aromatic nitrogens is 5. The molecule has 0 bridgehead atoms. The first-order chi connectivity index (χ1) is 28.7. The molecule has 6 nitrogen and oxygen atoms in total. The number of para-hydroxylation sites is 3. The third-order valence-corrected chi connectivity index (χ3v) is 11.2. The molecule has 6 heteroatoms. The fourth-order valence-corrected chi connectivity index (χ4v) is 8.58. The molecule has 0 aliphatic rings. The first kappa shape index (κ1) is 32.3. The van der Waals surface area contributed by atoms with Gasteiger partial charge in [0.25, 0.3) is 0 Å². The minimum Gasteiger partial charge on any atom is -0.456 e. The summed E-state index contributed by atoms with van der Waals surface area (Å²) in [4.78, 5) is 20.8. The van der Waals surface area contributed by atoms with Gasteiger partial charge in [-0.1, -0.05) is 115 Å². The fraction of sp³-hybridized carbons (Fsp3) is 0. The largest absolute Gasteiger partial charge is 0.456 e. The Morgan fingerprint density at radius 3 is 1.69 bits per heavy atom. The van der Waals surface area contributed by atoms with Gasteiger partial charge in [-0.2, -0.15) is 0 Å². The van der Waals surface area contributed by atoms with Gasteiger partial charge in [-0.05, 0) is 72.8 Å². The Morgan fingerprint density at radius 1 is 0.345 bits per heavy atom. The Balaban J connectivity index is 1.11. The zero-order valence-electron chi connectivity index (χ0n) is 31.0. The predicted molar refractivity (Wildman–Crippen MR) is 236 cm³/mol. The van der Waals surface area contributed by atoms with E-state index in [2.05, 4.69) is 144 Å². The molecular formula is C52H31N5O. The zero-order chi connectivity index (χ0) is 38.2. The number of hydrogen-bond donors (Lipinski definition) is 0. The number of rotatable bonds is 5. The number of benzene rings is 8. The van der Waals surface area contributed by atoms with E-state index in [4.69, 9.17) is 24.4 Å². The van der Waals surface area contributed by atoms with Crippen LogP contribution in [0, 0.1) is 0 Å². The molecule has 0 unspecified atom stereocenters. The highest BCUT2D eigenvalue weighted by molar-refractivity contribution is 6.28. The number of pyridine rings is 1. The van der Waals surface area contributed by atoms with Crippen molar-refractivity contribution >= 4 is 65.4 Å². The second kappa shape index (κ2) is 12.8. The van der Waals surface area contributed by atoms with E-state index in [1.165, 1.54) is 5.39 Å². The molecule has 0 amide bonds. The lowest BCUT2D eigenvalue weighted by Gasteiger charge is -2.13. The van der Waals surface area contributed by atoms with Gasteiger partial charge in [0, 0.05) is 65.6 Å². The molecule has 4 heterocycles. The molecule has 0 saturated carbocycles. The summed E-state index contributed by atoms with van der Waals surface area (Å²) in [6.07, 6.45) is 0. The molecule has 12 rings (SSSR count). The topological polar surface area (TPSA) is 69.6 Å². The maximum atomic E-state index is 6.43. The van der Waals surface area contributed by atoms with Crippen LogP contribution in [0.25, 0.3) is 117 Å². The minimum absolute atomic E-state index is 0.585. The first-order valence-corrected chi connectivity index (χ1v) is 19.4. The van der Waals surface area contributed by atoms with E-state index in [1.807, 2.05) is 48.5 Å². The lowest BCUT2D eigenvalue weighted by Crippen LogP contribution is -2.00. The van der Waals surface area contributed by atoms with Crippen molar-refractivity contribution in [3.63, 3.8) is 0 Å². The monoisotopic (exact) mass is 741 g/mol. The maximum absolute atomic E-state index is 6.43. The third-order valence-electron chi connectivity index (χ3n) is 11.2. The van der Waals surface area contributed by atoms with Gasteiger partial charge in [-0.15, -0.1) is 0 Å². The van der Waals surface area contributed by atoms with Gasteiger partial charge in [0.2, 0.25) is 0 Å². The zero-order valence-corrected chi connectivity index (χ0v) is 31.0. The normalized spacial score (nSPS) is 11.8. The van der Waals surface area contributed by atoms with E-state index < -0.39 is 0 Å². The molecule has 0 radical (unpaired) electrons. The second-order valence-corrected chi connectivity index (χ2v) is 14.6. The molecular weight excluding hydrogens is 711 g/mol. The summed E-state index contributed by atoms with van der Waals surface area (Å²) < 4.78 is 8.75. The standard InChI is InChI=1S/C52H31N5O/c1-4-14-32(15-5-1)49-39-26-29-46-48(38-21-11-13-23-45(38)58-46)47(39)41-31-34(24-27-42(41)53-49)51-54-50(33-16-6-2-7-17-33)55-52(56-51)35-25-28-44-40(30-35)37-20-10-12-22-43(37)57(44)36-18-8-3-9-19-36/h1-31H. The van der Waals surface area contributed by atoms with Gasteiger partial charge in [-0.3, -0.25) is 0 Å². The van der Waals surface area contributed by atoms with Crippen LogP contribution in [0.1, 0.15) is 0 Å². The molecule has 0 fully saturated rings. The highest BCUT2D eigenvalue weighted by Crippen LogP contribution is 2.42. The Kier molecular flexibility index (Phi) is 7.13. The van der Waals surface area contributed by atoms with Crippen molar-refractivity contribution in [1.82, 2.24) is 24.5 Å². The number of nitrogens with zero attached hydrogens (tertiary/aromatic N) is 5. The first-order valence-electron chi connectivity index (χ1n) is 19.4. The summed E-state index contributed by atoms with van der Waals surface area (Å²) in [7, 11) is 0. The van der Waals surface area contributed by atoms with Crippen LogP contribution in [-0.2, 0) is 0 Å². The fourth-order valence-electron chi connectivity index (χ4n) is 8.58. The lowest BCUT2D eigenvalue weighted by molar-refractivity contribution is 0.669. The van der Waals surface area contributed by atoms with Crippen molar-refractivity contribution in [3.8, 4) is 51.1 Å². The molecule has 0 spiro atoms. The van der Waals surface area contributed by atoms with Crippen molar-refractivity contribution in [2.75, 3.05) is 0 Å². The second-order valence-electron chi connectivity index (χ2n) is 14.6. The molecule has 0 atom stereocenters. The molecule has 0 saturated heterocycles. The van der Waals surface area contributed by atoms with Gasteiger partial charge >= 0.3 is 0 Å². The maximum Gasteiger partial charge on any atom is 0.164 e. The summed E-state index contributed by atoms with van der Waals surface area (Å²) in [6.45, 7) is 0. The number of furan rings is 1. The number of fused-ring (bicyclic) bond motifs is 10. The molecule has 270 valence electrons. The van der Waals surface area contributed by atoms with Crippen LogP contribution < -0.4 is 0 Å². The molecule has 0 aliphatic heterocycles. The van der Waals surface area contributed by atoms with Crippen molar-refractivity contribution < 1.29 is 4.42 Å². The summed E-state index contributed by atoms with van der Waals surface area (Å²) in [6, 6.07) is 64.9. The highest BCUT2D eigenvalue weighted by atomic mass is 16.3. The van der Waals surface area contributed by atoms with E-state index >= 15 is 0 Å². The molecule has 0 aliphatic carbocycles. The van der Waals surface area contributed by atoms with Crippen LogP contribution in [-0.4, -0.2) is 24.5 Å². The van der Waals surface area contributed by atoms with Crippen LogP contribution in [0.4, 0.5) is 0 Å². The van der Waals surface area contributed by atoms with E-state index in [0.717, 1.165) is 93.7 Å². The van der Waals surface area contributed by atoms with Crippen molar-refractivity contribution in [3.05, 3.63) is 188 Å². The summed E-state index contributed by atoms with van der Waals surface area (Å²) in [5.41, 5.74) is 10.6. The quantitative estimate of drug-likeness (QED) is 0.164. The van der Waals surface area contributed by atoms with Crippen LogP contribution >= 0.6 is 0 Å². The summed E-state index contributed by atoms with van der Waals surface area (Å²) >= 11 is 0. The summed E-state index contributed by atoms with van der Waals surface area (Å²) in [5, 5.41) is 7.58. The van der Waals surface area contributed by atoms with E-state index in [0.29, 0.717) is 17.5 Å². The van der Waals surface area contributed by atoms with Crippen molar-refractivity contribution in [1.29, 1.82) is 0 Å². The molecule has 8 aromatic carbocycles. The van der Waals surface area contributed by atoms with Gasteiger partial charge in [0.15, 0.2) is 17.5 Å². The minimum atomic E-state index is 0.585. The van der Waals surface area contributed by atoms with Crippen molar-refractivity contribution in [2.24, 2.45) is 0 Å².